The van der Waals surface area contributed by atoms with Gasteiger partial charge in [-0.3, -0.25) is 4.79 Å². The third-order valence-electron chi connectivity index (χ3n) is 1.78. The Kier molecular flexibility index (Phi) is 4.19. The fourth-order valence-electron chi connectivity index (χ4n) is 0.908. The van der Waals surface area contributed by atoms with Crippen molar-refractivity contribution in [2.75, 3.05) is 0 Å². The fourth-order valence-corrected chi connectivity index (χ4v) is 0.908. The van der Waals surface area contributed by atoms with Crippen LogP contribution in [0.2, 0.25) is 0 Å². The Hall–Kier alpha value is -2.18. The number of amides is 2. The number of nitrogens with zero attached hydrogens (tertiary/aromatic N) is 2. The molecule has 0 saturated heterocycles. The molecule has 0 aliphatic heterocycles. The smallest absolute Gasteiger partial charge is 0.325 e. The molecule has 0 aliphatic rings. The second-order valence-corrected chi connectivity index (χ2v) is 3.10. The number of aromatic nitrogens is 2. The molecule has 0 aromatic carbocycles. The third kappa shape index (κ3) is 3.91. The molecule has 1 unspecified atom stereocenters. The van der Waals surface area contributed by atoms with E-state index in [4.69, 9.17) is 5.11 Å². The van der Waals surface area contributed by atoms with Crippen LogP contribution in [-0.2, 0) is 11.3 Å². The molecule has 2 amide bonds. The Morgan fingerprint density at radius 1 is 1.56 bits per heavy atom. The van der Waals surface area contributed by atoms with Crippen LogP contribution in [0, 0.1) is 0 Å². The molecule has 0 spiro atoms. The minimum atomic E-state index is -1.09. The van der Waals surface area contributed by atoms with Gasteiger partial charge in [0.2, 0.25) is 0 Å². The lowest BCUT2D eigenvalue weighted by Gasteiger charge is -2.09. The number of hydrogen-bond donors (Lipinski definition) is 3. The fraction of sp³-hybridized carbons (Fsp3) is 0.333. The highest BCUT2D eigenvalue weighted by atomic mass is 16.4. The summed E-state index contributed by atoms with van der Waals surface area (Å²) in [5.74, 6) is -1.09. The van der Waals surface area contributed by atoms with Crippen LogP contribution < -0.4 is 10.6 Å². The van der Waals surface area contributed by atoms with Gasteiger partial charge in [-0.1, -0.05) is 0 Å². The van der Waals surface area contributed by atoms with Gasteiger partial charge in [-0.25, -0.2) is 4.79 Å². The Morgan fingerprint density at radius 2 is 2.31 bits per heavy atom. The maximum absolute atomic E-state index is 11.2. The molecular formula is C9H12N4O3. The van der Waals surface area contributed by atoms with Gasteiger partial charge >= 0.3 is 12.0 Å². The SMILES string of the molecule is CC(NC(=O)NCc1cccnn1)C(=O)O. The van der Waals surface area contributed by atoms with Crippen molar-refractivity contribution in [3.8, 4) is 0 Å². The first-order valence-electron chi connectivity index (χ1n) is 4.63. The highest BCUT2D eigenvalue weighted by Crippen LogP contribution is 1.89. The average Bonchev–Trinajstić information content (AvgIpc) is 2.27. The van der Waals surface area contributed by atoms with Crippen LogP contribution >= 0.6 is 0 Å². The molecule has 7 nitrogen and oxygen atoms in total. The quantitative estimate of drug-likeness (QED) is 0.654. The van der Waals surface area contributed by atoms with E-state index in [1.807, 2.05) is 0 Å². The number of carboxylic acid groups (broad SMARTS) is 1. The number of rotatable bonds is 4. The predicted molar refractivity (Wildman–Crippen MR) is 54.5 cm³/mol. The summed E-state index contributed by atoms with van der Waals surface area (Å²) < 4.78 is 0. The van der Waals surface area contributed by atoms with Crippen molar-refractivity contribution in [1.82, 2.24) is 20.8 Å². The van der Waals surface area contributed by atoms with Crippen molar-refractivity contribution in [3.05, 3.63) is 24.0 Å². The van der Waals surface area contributed by atoms with Crippen LogP contribution in [0.4, 0.5) is 4.79 Å². The van der Waals surface area contributed by atoms with E-state index in [2.05, 4.69) is 20.8 Å². The number of carboxylic acids is 1. The van der Waals surface area contributed by atoms with Gasteiger partial charge in [0.05, 0.1) is 12.2 Å². The van der Waals surface area contributed by atoms with E-state index in [0.29, 0.717) is 5.69 Å². The second-order valence-electron chi connectivity index (χ2n) is 3.10. The van der Waals surface area contributed by atoms with E-state index in [1.54, 1.807) is 12.1 Å². The van der Waals surface area contributed by atoms with Crippen molar-refractivity contribution in [1.29, 1.82) is 0 Å². The molecule has 16 heavy (non-hydrogen) atoms. The minimum absolute atomic E-state index is 0.200. The molecule has 0 fully saturated rings. The molecule has 3 N–H and O–H groups in total. The van der Waals surface area contributed by atoms with Gasteiger partial charge in [0, 0.05) is 6.20 Å². The van der Waals surface area contributed by atoms with Gasteiger partial charge in [-0.05, 0) is 19.1 Å². The van der Waals surface area contributed by atoms with E-state index in [0.717, 1.165) is 0 Å². The van der Waals surface area contributed by atoms with Crippen LogP contribution in [0.3, 0.4) is 0 Å². The Bertz CT molecular complexity index is 368. The van der Waals surface area contributed by atoms with Crippen molar-refractivity contribution in [2.24, 2.45) is 0 Å². The molecule has 7 heteroatoms. The second kappa shape index (κ2) is 5.64. The van der Waals surface area contributed by atoms with E-state index in [1.165, 1.54) is 13.1 Å². The normalized spacial score (nSPS) is 11.6. The topological polar surface area (TPSA) is 104 Å². The van der Waals surface area contributed by atoms with E-state index in [9.17, 15) is 9.59 Å². The van der Waals surface area contributed by atoms with E-state index >= 15 is 0 Å². The van der Waals surface area contributed by atoms with E-state index in [-0.39, 0.29) is 6.54 Å². The van der Waals surface area contributed by atoms with Crippen LogP contribution in [0.5, 0.6) is 0 Å². The molecule has 1 rings (SSSR count). The maximum Gasteiger partial charge on any atom is 0.325 e. The summed E-state index contributed by atoms with van der Waals surface area (Å²) in [6.07, 6.45) is 1.52. The highest BCUT2D eigenvalue weighted by Gasteiger charge is 2.13. The van der Waals surface area contributed by atoms with E-state index < -0.39 is 18.0 Å². The Labute approximate surface area is 91.9 Å². The predicted octanol–water partition coefficient (Wildman–Crippen LogP) is -0.251. The van der Waals surface area contributed by atoms with Crippen molar-refractivity contribution in [3.63, 3.8) is 0 Å². The highest BCUT2D eigenvalue weighted by molar-refractivity contribution is 5.82. The molecule has 1 heterocycles. The van der Waals surface area contributed by atoms with Gasteiger partial charge in [0.25, 0.3) is 0 Å². The molecule has 0 radical (unpaired) electrons. The van der Waals surface area contributed by atoms with Gasteiger partial charge in [0.1, 0.15) is 6.04 Å². The molecular weight excluding hydrogens is 212 g/mol. The van der Waals surface area contributed by atoms with Crippen LogP contribution in [0.1, 0.15) is 12.6 Å². The Morgan fingerprint density at radius 3 is 2.88 bits per heavy atom. The number of hydrogen-bond acceptors (Lipinski definition) is 4. The summed E-state index contributed by atoms with van der Waals surface area (Å²) >= 11 is 0. The number of nitrogens with one attached hydrogen (secondary N) is 2. The molecule has 0 bridgehead atoms. The minimum Gasteiger partial charge on any atom is -0.480 e. The summed E-state index contributed by atoms with van der Waals surface area (Å²) in [4.78, 5) is 21.6. The number of carbonyl (C=O) groups is 2. The lowest BCUT2D eigenvalue weighted by Crippen LogP contribution is -2.44. The Balaban J connectivity index is 2.33. The first-order valence-corrected chi connectivity index (χ1v) is 4.63. The monoisotopic (exact) mass is 224 g/mol. The number of urea groups is 1. The zero-order chi connectivity index (χ0) is 12.0. The summed E-state index contributed by atoms with van der Waals surface area (Å²) in [5, 5.41) is 20.7. The largest absolute Gasteiger partial charge is 0.480 e. The van der Waals surface area contributed by atoms with Gasteiger partial charge < -0.3 is 15.7 Å². The van der Waals surface area contributed by atoms with Crippen molar-refractivity contribution < 1.29 is 14.7 Å². The van der Waals surface area contributed by atoms with Crippen LogP contribution in [-0.4, -0.2) is 33.3 Å². The first-order chi connectivity index (χ1) is 7.59. The zero-order valence-electron chi connectivity index (χ0n) is 8.67. The molecule has 1 aromatic heterocycles. The summed E-state index contributed by atoms with van der Waals surface area (Å²) in [5.41, 5.74) is 0.598. The average molecular weight is 224 g/mol. The van der Waals surface area contributed by atoms with Gasteiger partial charge in [0.15, 0.2) is 0 Å². The maximum atomic E-state index is 11.2. The van der Waals surface area contributed by atoms with Crippen LogP contribution in [0.25, 0.3) is 0 Å². The molecule has 1 aromatic rings. The molecule has 86 valence electrons. The zero-order valence-corrected chi connectivity index (χ0v) is 8.67. The summed E-state index contributed by atoms with van der Waals surface area (Å²) in [7, 11) is 0. The summed E-state index contributed by atoms with van der Waals surface area (Å²) in [6, 6.07) is 1.91. The third-order valence-corrected chi connectivity index (χ3v) is 1.78. The summed E-state index contributed by atoms with van der Waals surface area (Å²) in [6.45, 7) is 1.58. The number of aliphatic carboxylic acids is 1. The molecule has 0 saturated carbocycles. The van der Waals surface area contributed by atoms with Crippen LogP contribution in [0.15, 0.2) is 18.3 Å². The lowest BCUT2D eigenvalue weighted by molar-refractivity contribution is -0.138. The number of carbonyl (C=O) groups excluding carboxylic acids is 1. The molecule has 1 atom stereocenters. The van der Waals surface area contributed by atoms with Gasteiger partial charge in [-0.2, -0.15) is 10.2 Å². The van der Waals surface area contributed by atoms with Gasteiger partial charge in [-0.15, -0.1) is 0 Å². The van der Waals surface area contributed by atoms with Crippen molar-refractivity contribution in [2.45, 2.75) is 19.5 Å². The molecule has 0 aliphatic carbocycles. The lowest BCUT2D eigenvalue weighted by atomic mass is 10.3. The standard InChI is InChI=1S/C9H12N4O3/c1-6(8(14)15)12-9(16)10-5-7-3-2-4-11-13-7/h2-4,6H,5H2,1H3,(H,14,15)(H2,10,12,16). The first kappa shape index (κ1) is 11.9. The van der Waals surface area contributed by atoms with Crippen molar-refractivity contribution >= 4 is 12.0 Å².